The molecule has 11 heavy (non-hydrogen) atoms. The molecular weight excluding hydrogens is 164 g/mol. The molecule has 0 nitrogen and oxygen atoms in total. The molecule has 0 atom stereocenters. The van der Waals surface area contributed by atoms with Gasteiger partial charge in [0.05, 0.1) is 8.80 Å². The minimum atomic E-state index is -0.410. The van der Waals surface area contributed by atoms with Crippen molar-refractivity contribution in [2.24, 2.45) is 0 Å². The van der Waals surface area contributed by atoms with Crippen LogP contribution in [0.15, 0.2) is 35.7 Å². The lowest BCUT2D eigenvalue weighted by Gasteiger charge is -1.80. The zero-order valence-corrected chi connectivity index (χ0v) is 9.73. The van der Waals surface area contributed by atoms with Crippen LogP contribution in [0, 0.1) is 0 Å². The van der Waals surface area contributed by atoms with Crippen molar-refractivity contribution >= 4 is 18.3 Å². The number of allylic oxidation sites excluding steroid dienone is 4. The summed E-state index contributed by atoms with van der Waals surface area (Å²) in [6.45, 7) is 2.31. The van der Waals surface area contributed by atoms with E-state index in [-0.39, 0.29) is 0 Å². The SMILES string of the molecule is C1=CC[SiH2]C1.C[SiH]1C=CC=C1. The summed E-state index contributed by atoms with van der Waals surface area (Å²) in [5.74, 6) is 0. The first-order valence-electron chi connectivity index (χ1n) is 4.39. The maximum Gasteiger partial charge on any atom is 0.0822 e. The first-order valence-corrected chi connectivity index (χ1v) is 8.88. The molecule has 2 rings (SSSR count). The molecule has 0 bridgehead atoms. The lowest BCUT2D eigenvalue weighted by molar-refractivity contribution is 1.75. The molecule has 60 valence electrons. The van der Waals surface area contributed by atoms with Crippen molar-refractivity contribution in [1.82, 2.24) is 0 Å². The van der Waals surface area contributed by atoms with Crippen LogP contribution in [0.3, 0.4) is 0 Å². The van der Waals surface area contributed by atoms with E-state index in [9.17, 15) is 0 Å². The van der Waals surface area contributed by atoms with Crippen molar-refractivity contribution in [3.05, 3.63) is 35.7 Å². The molecule has 0 fully saturated rings. The van der Waals surface area contributed by atoms with Crippen LogP contribution in [0.2, 0.25) is 18.6 Å². The van der Waals surface area contributed by atoms with Crippen LogP contribution in [-0.2, 0) is 0 Å². The molecular formula is C9H16Si2. The van der Waals surface area contributed by atoms with Gasteiger partial charge in [-0.15, -0.1) is 0 Å². The second-order valence-electron chi connectivity index (χ2n) is 3.03. The average Bonchev–Trinajstić information content (AvgIpc) is 2.57. The fourth-order valence-corrected chi connectivity index (χ4v) is 3.40. The minimum Gasteiger partial charge on any atom is -0.0938 e. The molecule has 0 aromatic carbocycles. The summed E-state index contributed by atoms with van der Waals surface area (Å²) in [4.78, 5) is 0. The largest absolute Gasteiger partial charge is 0.0938 e. The van der Waals surface area contributed by atoms with Gasteiger partial charge in [-0.25, -0.2) is 0 Å². The van der Waals surface area contributed by atoms with Crippen molar-refractivity contribution in [1.29, 1.82) is 0 Å². The quantitative estimate of drug-likeness (QED) is 0.392. The van der Waals surface area contributed by atoms with Gasteiger partial charge >= 0.3 is 0 Å². The average molecular weight is 180 g/mol. The molecule has 0 unspecified atom stereocenters. The fraction of sp³-hybridized carbons (Fsp3) is 0.333. The Hall–Kier alpha value is -0.346. The lowest BCUT2D eigenvalue weighted by atomic mass is 10.6. The third-order valence-corrected chi connectivity index (χ3v) is 4.99. The van der Waals surface area contributed by atoms with Crippen LogP contribution in [0.5, 0.6) is 0 Å². The maximum atomic E-state index is 2.31. The molecule has 0 N–H and O–H groups in total. The smallest absolute Gasteiger partial charge is 0.0822 e. The topological polar surface area (TPSA) is 0 Å². The highest BCUT2D eigenvalue weighted by molar-refractivity contribution is 6.69. The van der Waals surface area contributed by atoms with Gasteiger partial charge in [0, 0.05) is 9.52 Å². The van der Waals surface area contributed by atoms with E-state index in [2.05, 4.69) is 42.2 Å². The van der Waals surface area contributed by atoms with Crippen LogP contribution in [0.1, 0.15) is 0 Å². The van der Waals surface area contributed by atoms with Gasteiger partial charge in [-0.1, -0.05) is 42.2 Å². The van der Waals surface area contributed by atoms with Gasteiger partial charge in [0.15, 0.2) is 0 Å². The third-order valence-electron chi connectivity index (χ3n) is 1.85. The maximum absolute atomic E-state index is 2.31. The molecule has 0 radical (unpaired) electrons. The van der Waals surface area contributed by atoms with Gasteiger partial charge in [-0.3, -0.25) is 0 Å². The number of hydrogen-bond donors (Lipinski definition) is 0. The standard InChI is InChI=1S/C5H8Si.C4H8Si/c1-6-4-2-3-5-6;1-2-4-5-3-1/h2-6H,1H3;1-2H,3-5H2. The minimum absolute atomic E-state index is 0.410. The van der Waals surface area contributed by atoms with Crippen molar-refractivity contribution in [2.45, 2.75) is 18.6 Å². The second kappa shape index (κ2) is 5.32. The molecule has 0 saturated heterocycles. The van der Waals surface area contributed by atoms with Crippen molar-refractivity contribution in [2.75, 3.05) is 0 Å². The predicted molar refractivity (Wildman–Crippen MR) is 58.6 cm³/mol. The van der Waals surface area contributed by atoms with Crippen molar-refractivity contribution in [3.8, 4) is 0 Å². The highest BCUT2D eigenvalue weighted by atomic mass is 28.3. The summed E-state index contributed by atoms with van der Waals surface area (Å²) >= 11 is 0. The van der Waals surface area contributed by atoms with Crippen LogP contribution < -0.4 is 0 Å². The molecule has 0 spiro atoms. The van der Waals surface area contributed by atoms with Crippen LogP contribution >= 0.6 is 0 Å². The summed E-state index contributed by atoms with van der Waals surface area (Å²) in [6.07, 6.45) is 8.87. The highest BCUT2D eigenvalue weighted by Gasteiger charge is 1.92. The fourth-order valence-electron chi connectivity index (χ4n) is 1.13. The summed E-state index contributed by atoms with van der Waals surface area (Å²) < 4.78 is 0. The van der Waals surface area contributed by atoms with Gasteiger partial charge in [0.25, 0.3) is 0 Å². The Balaban J connectivity index is 0.000000112. The van der Waals surface area contributed by atoms with Gasteiger partial charge in [-0.2, -0.15) is 0 Å². The molecule has 2 aliphatic rings. The van der Waals surface area contributed by atoms with Gasteiger partial charge in [-0.05, 0) is 12.1 Å². The summed E-state index contributed by atoms with van der Waals surface area (Å²) in [5.41, 5.74) is 4.61. The number of rotatable bonds is 0. The van der Waals surface area contributed by atoms with E-state index in [0.717, 1.165) is 0 Å². The molecule has 0 aliphatic carbocycles. The molecule has 2 aliphatic heterocycles. The molecule has 2 heteroatoms. The van der Waals surface area contributed by atoms with E-state index in [1.54, 1.807) is 0 Å². The van der Waals surface area contributed by atoms with E-state index in [4.69, 9.17) is 0 Å². The molecule has 0 amide bonds. The Morgan fingerprint density at radius 2 is 1.64 bits per heavy atom. The molecule has 0 saturated carbocycles. The van der Waals surface area contributed by atoms with Gasteiger partial charge < -0.3 is 0 Å². The van der Waals surface area contributed by atoms with E-state index in [0.29, 0.717) is 9.52 Å². The van der Waals surface area contributed by atoms with E-state index >= 15 is 0 Å². The molecule has 0 aromatic rings. The zero-order chi connectivity index (χ0) is 7.94. The van der Waals surface area contributed by atoms with Crippen LogP contribution in [0.25, 0.3) is 0 Å². The van der Waals surface area contributed by atoms with Gasteiger partial charge in [0.2, 0.25) is 0 Å². The van der Waals surface area contributed by atoms with E-state index in [1.807, 2.05) is 0 Å². The van der Waals surface area contributed by atoms with Crippen molar-refractivity contribution < 1.29 is 0 Å². The van der Waals surface area contributed by atoms with Gasteiger partial charge in [0.1, 0.15) is 0 Å². The van der Waals surface area contributed by atoms with Crippen molar-refractivity contribution in [3.63, 3.8) is 0 Å². The third kappa shape index (κ3) is 4.16. The first-order chi connectivity index (χ1) is 5.39. The monoisotopic (exact) mass is 180 g/mol. The predicted octanol–water partition coefficient (Wildman–Crippen LogP) is 1.61. The Morgan fingerprint density at radius 1 is 1.09 bits per heavy atom. The van der Waals surface area contributed by atoms with E-state index in [1.165, 1.54) is 12.1 Å². The Bertz CT molecular complexity index is 162. The normalized spacial score (nSPS) is 20.5. The lowest BCUT2D eigenvalue weighted by Crippen LogP contribution is -1.91. The Kier molecular flexibility index (Phi) is 4.23. The Labute approximate surface area is 73.1 Å². The van der Waals surface area contributed by atoms with Crippen LogP contribution in [0.4, 0.5) is 0 Å². The summed E-state index contributed by atoms with van der Waals surface area (Å²) in [7, 11) is 0.0216. The molecule has 2 heterocycles. The van der Waals surface area contributed by atoms with E-state index < -0.39 is 8.80 Å². The molecule has 0 aromatic heterocycles. The number of hydrogen-bond acceptors (Lipinski definition) is 0. The summed E-state index contributed by atoms with van der Waals surface area (Å²) in [5, 5.41) is 0. The van der Waals surface area contributed by atoms with Crippen LogP contribution in [-0.4, -0.2) is 18.3 Å². The zero-order valence-electron chi connectivity index (χ0n) is 7.16. The second-order valence-corrected chi connectivity index (χ2v) is 7.38. The highest BCUT2D eigenvalue weighted by Crippen LogP contribution is 1.97. The summed E-state index contributed by atoms with van der Waals surface area (Å²) in [6, 6.07) is 2.92. The Morgan fingerprint density at radius 3 is 1.82 bits per heavy atom. The first kappa shape index (κ1) is 8.75.